The van der Waals surface area contributed by atoms with Crippen LogP contribution in [0.4, 0.5) is 0 Å². The Hall–Kier alpha value is -1.55. The van der Waals surface area contributed by atoms with Gasteiger partial charge in [0.05, 0.1) is 12.3 Å². The number of unbranched alkanes of at least 4 members (excludes halogenated alkanes) is 1. The number of aliphatic hydroxyl groups is 1. The highest BCUT2D eigenvalue weighted by molar-refractivity contribution is 5.98. The summed E-state index contributed by atoms with van der Waals surface area (Å²) in [5.41, 5.74) is 1.39. The van der Waals surface area contributed by atoms with Gasteiger partial charge in [-0.3, -0.25) is 0 Å². The molecular formula is C12H17NO3. The maximum atomic E-state index is 8.64. The molecule has 0 heterocycles. The van der Waals surface area contributed by atoms with Crippen molar-refractivity contribution in [1.82, 2.24) is 0 Å². The van der Waals surface area contributed by atoms with E-state index in [9.17, 15) is 0 Å². The van der Waals surface area contributed by atoms with E-state index in [0.29, 0.717) is 12.3 Å². The summed E-state index contributed by atoms with van der Waals surface area (Å²) in [7, 11) is 0. The van der Waals surface area contributed by atoms with Crippen molar-refractivity contribution in [1.29, 1.82) is 0 Å². The maximum absolute atomic E-state index is 8.64. The van der Waals surface area contributed by atoms with Crippen LogP contribution in [-0.2, 0) is 0 Å². The SMILES string of the molecule is CC(=NO)c1cccc(OCCCCO)c1. The average molecular weight is 223 g/mol. The van der Waals surface area contributed by atoms with Crippen LogP contribution in [0.3, 0.4) is 0 Å². The molecule has 1 rings (SSSR count). The third-order valence-corrected chi connectivity index (χ3v) is 2.22. The second-order valence-corrected chi connectivity index (χ2v) is 3.49. The minimum atomic E-state index is 0.194. The van der Waals surface area contributed by atoms with Gasteiger partial charge in [-0.05, 0) is 31.9 Å². The third kappa shape index (κ3) is 3.90. The highest BCUT2D eigenvalue weighted by Gasteiger charge is 2.00. The minimum Gasteiger partial charge on any atom is -0.494 e. The second kappa shape index (κ2) is 6.85. The Kier molecular flexibility index (Phi) is 5.36. The highest BCUT2D eigenvalue weighted by atomic mass is 16.5. The number of benzene rings is 1. The van der Waals surface area contributed by atoms with Crippen LogP contribution in [0.15, 0.2) is 29.4 Å². The third-order valence-electron chi connectivity index (χ3n) is 2.22. The van der Waals surface area contributed by atoms with Crippen molar-refractivity contribution in [2.24, 2.45) is 5.16 Å². The number of hydrogen-bond acceptors (Lipinski definition) is 4. The zero-order valence-electron chi connectivity index (χ0n) is 9.39. The monoisotopic (exact) mass is 223 g/mol. The highest BCUT2D eigenvalue weighted by Crippen LogP contribution is 2.14. The summed E-state index contributed by atoms with van der Waals surface area (Å²) in [6.45, 7) is 2.50. The molecule has 1 aromatic rings. The van der Waals surface area contributed by atoms with Crippen LogP contribution in [0.5, 0.6) is 5.75 Å². The van der Waals surface area contributed by atoms with Crippen molar-refractivity contribution < 1.29 is 15.1 Å². The molecule has 0 saturated carbocycles. The van der Waals surface area contributed by atoms with Gasteiger partial charge in [0.15, 0.2) is 0 Å². The fourth-order valence-electron chi connectivity index (χ4n) is 1.27. The summed E-state index contributed by atoms with van der Waals surface area (Å²) in [4.78, 5) is 0. The van der Waals surface area contributed by atoms with Crippen molar-refractivity contribution in [3.05, 3.63) is 29.8 Å². The topological polar surface area (TPSA) is 62.1 Å². The molecule has 88 valence electrons. The van der Waals surface area contributed by atoms with Gasteiger partial charge in [0, 0.05) is 12.2 Å². The summed E-state index contributed by atoms with van der Waals surface area (Å²) in [6.07, 6.45) is 1.57. The van der Waals surface area contributed by atoms with Gasteiger partial charge in [-0.25, -0.2) is 0 Å². The standard InChI is InChI=1S/C12H17NO3/c1-10(13-15)11-5-4-6-12(9-11)16-8-3-2-7-14/h4-6,9,14-15H,2-3,7-8H2,1H3. The molecule has 0 unspecified atom stereocenters. The molecule has 2 N–H and O–H groups in total. The molecule has 0 aliphatic heterocycles. The Morgan fingerprint density at radius 1 is 1.38 bits per heavy atom. The first-order valence-corrected chi connectivity index (χ1v) is 5.30. The predicted octanol–water partition coefficient (Wildman–Crippen LogP) is 2.04. The Morgan fingerprint density at radius 2 is 2.19 bits per heavy atom. The van der Waals surface area contributed by atoms with Crippen LogP contribution in [0, 0.1) is 0 Å². The molecule has 0 bridgehead atoms. The van der Waals surface area contributed by atoms with Crippen LogP contribution in [0.2, 0.25) is 0 Å². The zero-order chi connectivity index (χ0) is 11.8. The Labute approximate surface area is 95.2 Å². The molecule has 0 aliphatic carbocycles. The van der Waals surface area contributed by atoms with Gasteiger partial charge < -0.3 is 15.1 Å². The van der Waals surface area contributed by atoms with Crippen molar-refractivity contribution in [2.75, 3.05) is 13.2 Å². The number of aliphatic hydroxyl groups excluding tert-OH is 1. The van der Waals surface area contributed by atoms with E-state index in [2.05, 4.69) is 5.16 Å². The van der Waals surface area contributed by atoms with E-state index < -0.39 is 0 Å². The van der Waals surface area contributed by atoms with E-state index in [1.807, 2.05) is 24.3 Å². The Balaban J connectivity index is 2.54. The second-order valence-electron chi connectivity index (χ2n) is 3.49. The number of ether oxygens (including phenoxy) is 1. The van der Waals surface area contributed by atoms with Crippen molar-refractivity contribution in [3.8, 4) is 5.75 Å². The molecule has 0 aromatic heterocycles. The van der Waals surface area contributed by atoms with Crippen molar-refractivity contribution in [3.63, 3.8) is 0 Å². The molecule has 0 aliphatic rings. The first-order chi connectivity index (χ1) is 7.77. The summed E-state index contributed by atoms with van der Waals surface area (Å²) in [6, 6.07) is 7.39. The van der Waals surface area contributed by atoms with Gasteiger partial charge in [0.2, 0.25) is 0 Å². The molecule has 0 saturated heterocycles. The van der Waals surface area contributed by atoms with Crippen LogP contribution in [0.1, 0.15) is 25.3 Å². The molecule has 0 atom stereocenters. The minimum absolute atomic E-state index is 0.194. The van der Waals surface area contributed by atoms with Crippen molar-refractivity contribution >= 4 is 5.71 Å². The number of oxime groups is 1. The van der Waals surface area contributed by atoms with Gasteiger partial charge in [0.25, 0.3) is 0 Å². The molecule has 1 aromatic carbocycles. The van der Waals surface area contributed by atoms with Crippen molar-refractivity contribution in [2.45, 2.75) is 19.8 Å². The fraction of sp³-hybridized carbons (Fsp3) is 0.417. The van der Waals surface area contributed by atoms with E-state index in [1.54, 1.807) is 6.92 Å². The Bertz CT molecular complexity index is 350. The lowest BCUT2D eigenvalue weighted by atomic mass is 10.1. The molecule has 0 fully saturated rings. The first kappa shape index (κ1) is 12.5. The lowest BCUT2D eigenvalue weighted by Crippen LogP contribution is -2.00. The van der Waals surface area contributed by atoms with Gasteiger partial charge in [-0.1, -0.05) is 17.3 Å². The summed E-state index contributed by atoms with van der Waals surface area (Å²) in [5.74, 6) is 0.749. The lowest BCUT2D eigenvalue weighted by molar-refractivity contribution is 0.253. The number of hydrogen-bond donors (Lipinski definition) is 2. The molecule has 4 heteroatoms. The molecule has 0 spiro atoms. The molecule has 0 radical (unpaired) electrons. The van der Waals surface area contributed by atoms with E-state index >= 15 is 0 Å². The maximum Gasteiger partial charge on any atom is 0.119 e. The van der Waals surface area contributed by atoms with Gasteiger partial charge in [0.1, 0.15) is 5.75 Å². The largest absolute Gasteiger partial charge is 0.494 e. The van der Waals surface area contributed by atoms with E-state index in [4.69, 9.17) is 15.1 Å². The summed E-state index contributed by atoms with van der Waals surface area (Å²) >= 11 is 0. The molecule has 4 nitrogen and oxygen atoms in total. The first-order valence-electron chi connectivity index (χ1n) is 5.30. The number of rotatable bonds is 6. The molecular weight excluding hydrogens is 206 g/mol. The van der Waals surface area contributed by atoms with Crippen LogP contribution in [-0.4, -0.2) is 29.2 Å². The van der Waals surface area contributed by atoms with E-state index in [0.717, 1.165) is 24.2 Å². The van der Waals surface area contributed by atoms with E-state index in [-0.39, 0.29) is 6.61 Å². The normalized spacial score (nSPS) is 11.5. The van der Waals surface area contributed by atoms with Crippen LogP contribution < -0.4 is 4.74 Å². The quantitative estimate of drug-likeness (QED) is 0.336. The molecule has 0 amide bonds. The Morgan fingerprint density at radius 3 is 2.88 bits per heavy atom. The lowest BCUT2D eigenvalue weighted by Gasteiger charge is -2.07. The van der Waals surface area contributed by atoms with Gasteiger partial charge >= 0.3 is 0 Å². The van der Waals surface area contributed by atoms with E-state index in [1.165, 1.54) is 0 Å². The summed E-state index contributed by atoms with van der Waals surface area (Å²) < 4.78 is 5.50. The molecule has 16 heavy (non-hydrogen) atoms. The number of nitrogens with zero attached hydrogens (tertiary/aromatic N) is 1. The summed E-state index contributed by atoms with van der Waals surface area (Å²) in [5, 5.41) is 20.4. The smallest absolute Gasteiger partial charge is 0.119 e. The predicted molar refractivity (Wildman–Crippen MR) is 62.3 cm³/mol. The fourth-order valence-corrected chi connectivity index (χ4v) is 1.27. The van der Waals surface area contributed by atoms with Gasteiger partial charge in [-0.2, -0.15) is 0 Å². The zero-order valence-corrected chi connectivity index (χ0v) is 9.39. The van der Waals surface area contributed by atoms with Crippen LogP contribution >= 0.6 is 0 Å². The average Bonchev–Trinajstić information content (AvgIpc) is 2.34. The van der Waals surface area contributed by atoms with Crippen LogP contribution in [0.25, 0.3) is 0 Å². The van der Waals surface area contributed by atoms with Gasteiger partial charge in [-0.15, -0.1) is 0 Å².